The minimum absolute atomic E-state index is 0.129. The van der Waals surface area contributed by atoms with Crippen LogP contribution in [0.3, 0.4) is 0 Å². The van der Waals surface area contributed by atoms with Gasteiger partial charge in [-0.3, -0.25) is 19.3 Å². The SMILES string of the molecule is CCOc1cc(/C=C2\SC(=O)N(CC(=O)OC)C2=O)cc(Br)c1OC(=O)c1ccc(Cl)cc1. The number of halogens is 2. The third-order valence-corrected chi connectivity index (χ3v) is 6.04. The first kappa shape index (κ1) is 24.8. The van der Waals surface area contributed by atoms with E-state index < -0.39 is 29.6 Å². The Bertz CT molecular complexity index is 1150. The van der Waals surface area contributed by atoms with Gasteiger partial charge in [0, 0.05) is 5.02 Å². The van der Waals surface area contributed by atoms with E-state index in [0.29, 0.717) is 32.4 Å². The van der Waals surface area contributed by atoms with Crippen LogP contribution in [0.4, 0.5) is 4.79 Å². The van der Waals surface area contributed by atoms with Crippen molar-refractivity contribution >= 4 is 68.5 Å². The van der Waals surface area contributed by atoms with Gasteiger partial charge in [-0.15, -0.1) is 0 Å². The molecule has 0 saturated carbocycles. The number of carbonyl (C=O) groups excluding carboxylic acids is 4. The molecule has 2 amide bonds. The van der Waals surface area contributed by atoms with Crippen molar-refractivity contribution in [1.29, 1.82) is 0 Å². The van der Waals surface area contributed by atoms with E-state index in [1.54, 1.807) is 31.2 Å². The van der Waals surface area contributed by atoms with Crippen molar-refractivity contribution < 1.29 is 33.4 Å². The molecule has 0 aromatic heterocycles. The summed E-state index contributed by atoms with van der Waals surface area (Å²) >= 11 is 9.94. The maximum atomic E-state index is 12.5. The Labute approximate surface area is 206 Å². The van der Waals surface area contributed by atoms with Crippen molar-refractivity contribution in [3.63, 3.8) is 0 Å². The molecule has 0 radical (unpaired) electrons. The third-order valence-electron chi connectivity index (χ3n) is 4.29. The second kappa shape index (κ2) is 10.9. The normalized spacial score (nSPS) is 14.5. The van der Waals surface area contributed by atoms with Crippen molar-refractivity contribution in [2.24, 2.45) is 0 Å². The van der Waals surface area contributed by atoms with E-state index in [-0.39, 0.29) is 23.0 Å². The first-order chi connectivity index (χ1) is 15.7. The fourth-order valence-corrected chi connectivity index (χ4v) is 4.26. The summed E-state index contributed by atoms with van der Waals surface area (Å²) in [5, 5.41) is -0.0858. The predicted octanol–water partition coefficient (Wildman–Crippen LogP) is 4.93. The Hall–Kier alpha value is -2.82. The molecule has 0 bridgehead atoms. The van der Waals surface area contributed by atoms with E-state index >= 15 is 0 Å². The summed E-state index contributed by atoms with van der Waals surface area (Å²) in [6, 6.07) is 9.42. The molecule has 0 atom stereocenters. The molecule has 0 spiro atoms. The number of benzene rings is 2. The number of rotatable bonds is 7. The number of hydrogen-bond donors (Lipinski definition) is 0. The van der Waals surface area contributed by atoms with Crippen LogP contribution in [0.15, 0.2) is 45.8 Å². The van der Waals surface area contributed by atoms with Gasteiger partial charge < -0.3 is 14.2 Å². The molecular formula is C22H17BrClNO7S. The first-order valence-electron chi connectivity index (χ1n) is 9.49. The summed E-state index contributed by atoms with van der Waals surface area (Å²) in [6.07, 6.45) is 1.49. The third kappa shape index (κ3) is 5.95. The molecule has 2 aromatic carbocycles. The van der Waals surface area contributed by atoms with Crippen LogP contribution in [-0.4, -0.2) is 48.2 Å². The molecular weight excluding hydrogens is 538 g/mol. The van der Waals surface area contributed by atoms with Gasteiger partial charge in [0.2, 0.25) is 0 Å². The lowest BCUT2D eigenvalue weighted by molar-refractivity contribution is -0.143. The lowest BCUT2D eigenvalue weighted by atomic mass is 10.1. The highest BCUT2D eigenvalue weighted by molar-refractivity contribution is 9.10. The molecule has 0 N–H and O–H groups in total. The van der Waals surface area contributed by atoms with Crippen molar-refractivity contribution in [1.82, 2.24) is 4.90 Å². The summed E-state index contributed by atoms with van der Waals surface area (Å²) in [4.78, 5) is 49.6. The summed E-state index contributed by atoms with van der Waals surface area (Å²) in [7, 11) is 1.17. The van der Waals surface area contributed by atoms with Gasteiger partial charge in [-0.25, -0.2) is 4.79 Å². The zero-order chi connectivity index (χ0) is 24.1. The highest BCUT2D eigenvalue weighted by atomic mass is 79.9. The van der Waals surface area contributed by atoms with Crippen molar-refractivity contribution in [3.8, 4) is 11.5 Å². The van der Waals surface area contributed by atoms with Gasteiger partial charge in [0.15, 0.2) is 11.5 Å². The van der Waals surface area contributed by atoms with Crippen LogP contribution in [0.2, 0.25) is 5.02 Å². The van der Waals surface area contributed by atoms with E-state index in [4.69, 9.17) is 21.1 Å². The summed E-state index contributed by atoms with van der Waals surface area (Å²) in [5.41, 5.74) is 0.817. The maximum absolute atomic E-state index is 12.5. The van der Waals surface area contributed by atoms with Gasteiger partial charge in [-0.1, -0.05) is 11.6 Å². The standard InChI is InChI=1S/C22H17BrClNO7S/c1-3-31-16-9-12(10-17-20(27)25(22(29)33-17)11-18(26)30-2)8-15(23)19(16)32-21(28)13-4-6-14(24)7-5-13/h4-10H,3,11H2,1-2H3/b17-10-. The van der Waals surface area contributed by atoms with E-state index in [1.165, 1.54) is 25.3 Å². The number of imide groups is 1. The minimum Gasteiger partial charge on any atom is -0.490 e. The van der Waals surface area contributed by atoms with Gasteiger partial charge >= 0.3 is 11.9 Å². The molecule has 8 nitrogen and oxygen atoms in total. The van der Waals surface area contributed by atoms with Crippen LogP contribution in [0.1, 0.15) is 22.8 Å². The Morgan fingerprint density at radius 1 is 1.18 bits per heavy atom. The molecule has 0 unspecified atom stereocenters. The number of hydrogen-bond acceptors (Lipinski definition) is 8. The van der Waals surface area contributed by atoms with E-state index in [9.17, 15) is 19.2 Å². The van der Waals surface area contributed by atoms with Gasteiger partial charge in [0.05, 0.1) is 28.7 Å². The highest BCUT2D eigenvalue weighted by Crippen LogP contribution is 2.39. The van der Waals surface area contributed by atoms with Crippen LogP contribution in [0.5, 0.6) is 11.5 Å². The Morgan fingerprint density at radius 3 is 2.52 bits per heavy atom. The zero-order valence-electron chi connectivity index (χ0n) is 17.4. The Kier molecular flexibility index (Phi) is 8.17. The molecule has 1 fully saturated rings. The topological polar surface area (TPSA) is 99.2 Å². The molecule has 1 aliphatic heterocycles. The number of nitrogens with zero attached hydrogens (tertiary/aromatic N) is 1. The minimum atomic E-state index is -0.702. The molecule has 11 heteroatoms. The fraction of sp³-hybridized carbons (Fsp3) is 0.182. The Balaban J connectivity index is 1.88. The number of methoxy groups -OCH3 is 1. The first-order valence-corrected chi connectivity index (χ1v) is 11.5. The largest absolute Gasteiger partial charge is 0.490 e. The summed E-state index contributed by atoms with van der Waals surface area (Å²) in [6.45, 7) is 1.59. The van der Waals surface area contributed by atoms with E-state index in [2.05, 4.69) is 20.7 Å². The monoisotopic (exact) mass is 553 g/mol. The van der Waals surface area contributed by atoms with Crippen molar-refractivity contribution in [2.75, 3.05) is 20.3 Å². The molecule has 1 aliphatic rings. The summed E-state index contributed by atoms with van der Waals surface area (Å²) < 4.78 is 16.1. The van der Waals surface area contributed by atoms with Crippen LogP contribution >= 0.6 is 39.3 Å². The molecule has 1 saturated heterocycles. The lowest BCUT2D eigenvalue weighted by Crippen LogP contribution is -2.34. The smallest absolute Gasteiger partial charge is 0.343 e. The van der Waals surface area contributed by atoms with Crippen LogP contribution in [-0.2, 0) is 14.3 Å². The maximum Gasteiger partial charge on any atom is 0.343 e. The number of amides is 2. The molecule has 2 aromatic rings. The Morgan fingerprint density at radius 2 is 1.88 bits per heavy atom. The van der Waals surface area contributed by atoms with Gasteiger partial charge in [-0.2, -0.15) is 0 Å². The van der Waals surface area contributed by atoms with Crippen molar-refractivity contribution in [2.45, 2.75) is 6.92 Å². The number of ether oxygens (including phenoxy) is 3. The highest BCUT2D eigenvalue weighted by Gasteiger charge is 2.36. The fourth-order valence-electron chi connectivity index (χ4n) is 2.75. The average Bonchev–Trinajstić information content (AvgIpc) is 3.03. The van der Waals surface area contributed by atoms with Gasteiger partial charge in [0.25, 0.3) is 11.1 Å². The average molecular weight is 555 g/mol. The molecule has 3 rings (SSSR count). The predicted molar refractivity (Wildman–Crippen MR) is 126 cm³/mol. The molecule has 1 heterocycles. The van der Waals surface area contributed by atoms with Gasteiger partial charge in [-0.05, 0) is 82.7 Å². The molecule has 33 heavy (non-hydrogen) atoms. The van der Waals surface area contributed by atoms with Crippen molar-refractivity contribution in [3.05, 3.63) is 61.9 Å². The van der Waals surface area contributed by atoms with Gasteiger partial charge in [0.1, 0.15) is 6.54 Å². The second-order valence-corrected chi connectivity index (χ2v) is 8.79. The number of thioether (sulfide) groups is 1. The number of esters is 2. The quantitative estimate of drug-likeness (QED) is 0.270. The van der Waals surface area contributed by atoms with Crippen LogP contribution in [0, 0.1) is 0 Å². The van der Waals surface area contributed by atoms with Crippen LogP contribution in [0.25, 0.3) is 6.08 Å². The lowest BCUT2D eigenvalue weighted by Gasteiger charge is -2.14. The number of carbonyl (C=O) groups is 4. The second-order valence-electron chi connectivity index (χ2n) is 6.50. The van der Waals surface area contributed by atoms with Crippen LogP contribution < -0.4 is 9.47 Å². The van der Waals surface area contributed by atoms with E-state index in [1.807, 2.05) is 0 Å². The molecule has 172 valence electrons. The molecule has 0 aliphatic carbocycles. The van der Waals surface area contributed by atoms with E-state index in [0.717, 1.165) is 4.90 Å². The summed E-state index contributed by atoms with van der Waals surface area (Å²) in [5.74, 6) is -1.50. The zero-order valence-corrected chi connectivity index (χ0v) is 20.6.